The molecule has 0 aliphatic carbocycles. The summed E-state index contributed by atoms with van der Waals surface area (Å²) in [4.78, 5) is 36.4. The summed E-state index contributed by atoms with van der Waals surface area (Å²) in [6.45, 7) is 7.56. The fourth-order valence-corrected chi connectivity index (χ4v) is 3.74. The van der Waals surface area contributed by atoms with Crippen molar-refractivity contribution in [2.75, 3.05) is 11.9 Å². The first-order valence-electron chi connectivity index (χ1n) is 10.2. The number of anilines is 1. The fraction of sp³-hybridized carbons (Fsp3) is 0.250. The van der Waals surface area contributed by atoms with Crippen molar-refractivity contribution in [3.63, 3.8) is 0 Å². The number of carbonyl (C=O) groups is 2. The molecule has 1 N–H and O–H groups in total. The van der Waals surface area contributed by atoms with Gasteiger partial charge in [-0.15, -0.1) is 0 Å². The van der Waals surface area contributed by atoms with E-state index in [2.05, 4.69) is 5.32 Å². The number of nitrogens with one attached hydrogen (secondary N) is 1. The van der Waals surface area contributed by atoms with Gasteiger partial charge >= 0.3 is 5.97 Å². The van der Waals surface area contributed by atoms with Crippen LogP contribution in [0, 0.1) is 30.9 Å². The number of esters is 1. The number of benzene rings is 2. The van der Waals surface area contributed by atoms with Crippen molar-refractivity contribution in [1.82, 2.24) is 4.57 Å². The van der Waals surface area contributed by atoms with Gasteiger partial charge in [0.25, 0.3) is 11.6 Å². The average molecular weight is 435 g/mol. The van der Waals surface area contributed by atoms with Crippen molar-refractivity contribution in [2.24, 2.45) is 0 Å². The molecule has 32 heavy (non-hydrogen) atoms. The summed E-state index contributed by atoms with van der Waals surface area (Å²) in [5.74, 6) is -0.885. The van der Waals surface area contributed by atoms with Gasteiger partial charge in [0.05, 0.1) is 17.1 Å². The van der Waals surface area contributed by atoms with Gasteiger partial charge in [-0.05, 0) is 50.5 Å². The van der Waals surface area contributed by atoms with Crippen LogP contribution in [-0.2, 0) is 11.3 Å². The smallest absolute Gasteiger partial charge is 0.355 e. The summed E-state index contributed by atoms with van der Waals surface area (Å²) in [6, 6.07) is 13.9. The third-order valence-corrected chi connectivity index (χ3v) is 5.32. The molecule has 0 spiro atoms. The Hall–Kier alpha value is -3.94. The molecule has 0 saturated heterocycles. The highest BCUT2D eigenvalue weighted by Gasteiger charge is 2.27. The van der Waals surface area contributed by atoms with E-state index in [4.69, 9.17) is 4.74 Å². The number of nitro groups is 1. The predicted octanol–water partition coefficient (Wildman–Crippen LogP) is 4.80. The molecule has 3 rings (SSSR count). The first-order valence-corrected chi connectivity index (χ1v) is 10.2. The number of ether oxygens (including phenoxy) is 1. The fourth-order valence-electron chi connectivity index (χ4n) is 3.74. The normalized spacial score (nSPS) is 10.6. The topological polar surface area (TPSA) is 103 Å². The van der Waals surface area contributed by atoms with Gasteiger partial charge in [0, 0.05) is 30.1 Å². The second kappa shape index (κ2) is 9.47. The number of nitro benzene ring substituents is 1. The third-order valence-electron chi connectivity index (χ3n) is 5.32. The Balaban J connectivity index is 2.02. The van der Waals surface area contributed by atoms with Crippen LogP contribution in [-0.4, -0.2) is 28.0 Å². The van der Waals surface area contributed by atoms with Gasteiger partial charge in [0.1, 0.15) is 5.69 Å². The SMILES string of the molecule is CCOC(=O)c1c(C)c(C(=O)Nc2ccc([N+](=O)[O-])cc2C)c(C)n1Cc1ccccc1. The molecule has 0 bridgehead atoms. The van der Waals surface area contributed by atoms with Crippen LogP contribution in [0.4, 0.5) is 11.4 Å². The maximum absolute atomic E-state index is 13.2. The van der Waals surface area contributed by atoms with Crippen LogP contribution >= 0.6 is 0 Å². The van der Waals surface area contributed by atoms with Crippen molar-refractivity contribution in [1.29, 1.82) is 0 Å². The summed E-state index contributed by atoms with van der Waals surface area (Å²) in [6.07, 6.45) is 0. The maximum atomic E-state index is 13.2. The van der Waals surface area contributed by atoms with Crippen LogP contribution in [0.3, 0.4) is 0 Å². The lowest BCUT2D eigenvalue weighted by Gasteiger charge is -2.12. The largest absolute Gasteiger partial charge is 0.461 e. The number of aromatic nitrogens is 1. The minimum atomic E-state index is -0.491. The van der Waals surface area contributed by atoms with Gasteiger partial charge in [-0.1, -0.05) is 30.3 Å². The summed E-state index contributed by atoms with van der Waals surface area (Å²) < 4.78 is 7.04. The zero-order chi connectivity index (χ0) is 23.4. The molecule has 0 atom stereocenters. The number of hydrogen-bond donors (Lipinski definition) is 1. The molecule has 1 heterocycles. The molecule has 1 aromatic heterocycles. The summed E-state index contributed by atoms with van der Waals surface area (Å²) in [5, 5.41) is 13.8. The summed E-state index contributed by atoms with van der Waals surface area (Å²) >= 11 is 0. The summed E-state index contributed by atoms with van der Waals surface area (Å²) in [5.41, 5.74) is 3.83. The minimum absolute atomic E-state index is 0.0496. The predicted molar refractivity (Wildman–Crippen MR) is 121 cm³/mol. The number of non-ortho nitro benzene ring substituents is 1. The van der Waals surface area contributed by atoms with E-state index in [1.54, 1.807) is 32.3 Å². The molecule has 8 nitrogen and oxygen atoms in total. The Bertz CT molecular complexity index is 1180. The molecule has 8 heteroatoms. The van der Waals surface area contributed by atoms with E-state index in [0.717, 1.165) is 5.56 Å². The van der Waals surface area contributed by atoms with Crippen LogP contribution in [0.5, 0.6) is 0 Å². The molecule has 0 radical (unpaired) electrons. The number of aryl methyl sites for hydroxylation is 1. The molecule has 0 aliphatic heterocycles. The third kappa shape index (κ3) is 4.54. The van der Waals surface area contributed by atoms with E-state index in [1.165, 1.54) is 18.2 Å². The monoisotopic (exact) mass is 435 g/mol. The van der Waals surface area contributed by atoms with Crippen molar-refractivity contribution in [3.8, 4) is 0 Å². The van der Waals surface area contributed by atoms with Crippen molar-refractivity contribution in [2.45, 2.75) is 34.2 Å². The molecule has 0 aliphatic rings. The number of hydrogen-bond acceptors (Lipinski definition) is 5. The summed E-state index contributed by atoms with van der Waals surface area (Å²) in [7, 11) is 0. The van der Waals surface area contributed by atoms with Gasteiger partial charge in [-0.25, -0.2) is 4.79 Å². The van der Waals surface area contributed by atoms with Gasteiger partial charge in [-0.3, -0.25) is 14.9 Å². The number of nitrogens with zero attached hydrogens (tertiary/aromatic N) is 2. The standard InChI is InChI=1S/C24H25N3O5/c1-5-32-24(29)22-16(3)21(17(4)26(22)14-18-9-7-6-8-10-18)23(28)25-20-12-11-19(27(30)31)13-15(20)2/h6-13H,5,14H2,1-4H3,(H,25,28). The molecule has 0 unspecified atom stereocenters. The number of carbonyl (C=O) groups excluding carboxylic acids is 2. The van der Waals surface area contributed by atoms with E-state index >= 15 is 0 Å². The van der Waals surface area contributed by atoms with Crippen LogP contribution in [0.2, 0.25) is 0 Å². The highest BCUT2D eigenvalue weighted by Crippen LogP contribution is 2.27. The Morgan fingerprint density at radius 2 is 1.78 bits per heavy atom. The molecule has 166 valence electrons. The van der Waals surface area contributed by atoms with Crippen molar-refractivity contribution < 1.29 is 19.2 Å². The van der Waals surface area contributed by atoms with Gasteiger partial charge in [0.2, 0.25) is 0 Å². The Labute approximate surface area is 186 Å². The average Bonchev–Trinajstić information content (AvgIpc) is 2.99. The highest BCUT2D eigenvalue weighted by atomic mass is 16.6. The first kappa shape index (κ1) is 22.7. The molecule has 0 fully saturated rings. The van der Waals surface area contributed by atoms with Gasteiger partial charge in [-0.2, -0.15) is 0 Å². The molecule has 1 amide bonds. The zero-order valence-corrected chi connectivity index (χ0v) is 18.5. The van der Waals surface area contributed by atoms with Crippen LogP contribution in [0.15, 0.2) is 48.5 Å². The minimum Gasteiger partial charge on any atom is -0.461 e. The molecular weight excluding hydrogens is 410 g/mol. The van der Waals surface area contributed by atoms with Crippen LogP contribution in [0.1, 0.15) is 50.2 Å². The molecule has 0 saturated carbocycles. The second-order valence-corrected chi connectivity index (χ2v) is 7.44. The van der Waals surface area contributed by atoms with E-state index in [0.29, 0.717) is 40.3 Å². The zero-order valence-electron chi connectivity index (χ0n) is 18.5. The van der Waals surface area contributed by atoms with Gasteiger partial charge in [0.15, 0.2) is 0 Å². The van der Waals surface area contributed by atoms with E-state index in [1.807, 2.05) is 30.3 Å². The van der Waals surface area contributed by atoms with E-state index < -0.39 is 16.8 Å². The van der Waals surface area contributed by atoms with E-state index in [9.17, 15) is 19.7 Å². The molecule has 2 aromatic carbocycles. The first-order chi connectivity index (χ1) is 15.2. The lowest BCUT2D eigenvalue weighted by atomic mass is 10.1. The lowest BCUT2D eigenvalue weighted by molar-refractivity contribution is -0.384. The molecule has 3 aromatic rings. The van der Waals surface area contributed by atoms with E-state index in [-0.39, 0.29) is 12.3 Å². The van der Waals surface area contributed by atoms with Gasteiger partial charge < -0.3 is 14.6 Å². The maximum Gasteiger partial charge on any atom is 0.355 e. The molecular formula is C24H25N3O5. The van der Waals surface area contributed by atoms with Crippen LogP contribution < -0.4 is 5.32 Å². The Morgan fingerprint density at radius 1 is 1.09 bits per heavy atom. The quantitative estimate of drug-likeness (QED) is 0.326. The second-order valence-electron chi connectivity index (χ2n) is 7.44. The Kier molecular flexibility index (Phi) is 6.73. The number of amides is 1. The van der Waals surface area contributed by atoms with Crippen molar-refractivity contribution >= 4 is 23.3 Å². The highest BCUT2D eigenvalue weighted by molar-refractivity contribution is 6.08. The van der Waals surface area contributed by atoms with Crippen LogP contribution in [0.25, 0.3) is 0 Å². The number of rotatable bonds is 7. The van der Waals surface area contributed by atoms with Crippen molar-refractivity contribution in [3.05, 3.63) is 92.3 Å². The lowest BCUT2D eigenvalue weighted by Crippen LogP contribution is -2.15. The Morgan fingerprint density at radius 3 is 2.38 bits per heavy atom.